The summed E-state index contributed by atoms with van der Waals surface area (Å²) in [5, 5.41) is 6.33. The number of nitrogens with zero attached hydrogens (tertiary/aromatic N) is 3. The summed E-state index contributed by atoms with van der Waals surface area (Å²) in [6.07, 6.45) is 12.4. The van der Waals surface area contributed by atoms with Gasteiger partial charge in [-0.15, -0.1) is 0 Å². The van der Waals surface area contributed by atoms with Gasteiger partial charge in [0.25, 0.3) is 5.91 Å². The molecule has 2 amide bonds. The second kappa shape index (κ2) is 13.4. The van der Waals surface area contributed by atoms with Gasteiger partial charge in [-0.3, -0.25) is 14.5 Å². The van der Waals surface area contributed by atoms with Crippen molar-refractivity contribution >= 4 is 23.3 Å². The Morgan fingerprint density at radius 1 is 0.949 bits per heavy atom. The van der Waals surface area contributed by atoms with Crippen LogP contribution in [0.2, 0.25) is 0 Å². The van der Waals surface area contributed by atoms with Gasteiger partial charge in [0.2, 0.25) is 5.91 Å². The molecule has 2 aromatic rings. The number of rotatable bonds is 9. The van der Waals surface area contributed by atoms with Crippen LogP contribution in [0.3, 0.4) is 0 Å². The molecule has 1 saturated heterocycles. The first kappa shape index (κ1) is 27.6. The molecule has 1 aliphatic heterocycles. The molecule has 2 aliphatic carbocycles. The number of hydrogen-bond acceptors (Lipinski definition) is 6. The summed E-state index contributed by atoms with van der Waals surface area (Å²) >= 11 is 0. The van der Waals surface area contributed by atoms with Crippen molar-refractivity contribution in [1.82, 2.24) is 15.2 Å². The molecule has 1 aromatic heterocycles. The van der Waals surface area contributed by atoms with Gasteiger partial charge in [-0.1, -0.05) is 50.7 Å². The SMILES string of the molecule is NC1CCCCC1NC(=O)c1ccc(CN2CCN(c3ccccn3)CC2)c(NC(=O)CCC2CCCC2)c1. The molecule has 5 rings (SSSR count). The smallest absolute Gasteiger partial charge is 0.251 e. The van der Waals surface area contributed by atoms with Crippen LogP contribution in [-0.2, 0) is 11.3 Å². The van der Waals surface area contributed by atoms with E-state index in [2.05, 4.69) is 31.5 Å². The zero-order valence-electron chi connectivity index (χ0n) is 23.1. The van der Waals surface area contributed by atoms with Crippen molar-refractivity contribution in [3.63, 3.8) is 0 Å². The lowest BCUT2D eigenvalue weighted by Gasteiger charge is -2.35. The van der Waals surface area contributed by atoms with Crippen LogP contribution in [0, 0.1) is 5.92 Å². The molecule has 0 spiro atoms. The molecule has 2 atom stereocenters. The molecule has 8 nitrogen and oxygen atoms in total. The monoisotopic (exact) mass is 532 g/mol. The van der Waals surface area contributed by atoms with Crippen LogP contribution in [0.25, 0.3) is 0 Å². The van der Waals surface area contributed by atoms with E-state index in [0.717, 1.165) is 81.9 Å². The molecule has 0 bridgehead atoms. The van der Waals surface area contributed by atoms with Crippen molar-refractivity contribution in [2.45, 2.75) is 82.8 Å². The van der Waals surface area contributed by atoms with Gasteiger partial charge >= 0.3 is 0 Å². The molecule has 4 N–H and O–H groups in total. The number of nitrogens with one attached hydrogen (secondary N) is 2. The first-order valence-electron chi connectivity index (χ1n) is 14.9. The summed E-state index contributed by atoms with van der Waals surface area (Å²) in [5.41, 5.74) is 8.64. The molecule has 210 valence electrons. The highest BCUT2D eigenvalue weighted by Gasteiger charge is 2.25. The van der Waals surface area contributed by atoms with Crippen LogP contribution < -0.4 is 21.3 Å². The number of carbonyl (C=O) groups is 2. The summed E-state index contributed by atoms with van der Waals surface area (Å²) in [6.45, 7) is 4.36. The topological polar surface area (TPSA) is 104 Å². The van der Waals surface area contributed by atoms with Crippen LogP contribution in [0.5, 0.6) is 0 Å². The van der Waals surface area contributed by atoms with Crippen molar-refractivity contribution in [2.75, 3.05) is 36.4 Å². The third-order valence-electron chi connectivity index (χ3n) is 8.78. The fourth-order valence-electron chi connectivity index (χ4n) is 6.33. The highest BCUT2D eigenvalue weighted by atomic mass is 16.2. The normalized spacial score (nSPS) is 22.5. The largest absolute Gasteiger partial charge is 0.354 e. The molecule has 2 heterocycles. The molecule has 3 aliphatic rings. The van der Waals surface area contributed by atoms with E-state index in [1.807, 2.05) is 36.5 Å². The summed E-state index contributed by atoms with van der Waals surface area (Å²) in [7, 11) is 0. The Balaban J connectivity index is 1.25. The molecule has 8 heteroatoms. The lowest BCUT2D eigenvalue weighted by molar-refractivity contribution is -0.116. The standard InChI is InChI=1S/C31H44N6O2/c32-26-9-3-4-10-27(26)35-31(39)24-13-14-25(28(21-24)34-30(38)15-12-23-7-1-2-8-23)22-36-17-19-37(20-18-36)29-11-5-6-16-33-29/h5-6,11,13-14,16,21,23,26-27H,1-4,7-10,12,15,17-20,22,32H2,(H,34,38)(H,35,39). The Morgan fingerprint density at radius 3 is 2.46 bits per heavy atom. The van der Waals surface area contributed by atoms with Crippen molar-refractivity contribution in [2.24, 2.45) is 11.7 Å². The molecular weight excluding hydrogens is 488 g/mol. The quantitative estimate of drug-likeness (QED) is 0.445. The van der Waals surface area contributed by atoms with Crippen LogP contribution in [0.15, 0.2) is 42.6 Å². The summed E-state index contributed by atoms with van der Waals surface area (Å²) in [4.78, 5) is 35.4. The van der Waals surface area contributed by atoms with E-state index in [4.69, 9.17) is 5.73 Å². The van der Waals surface area contributed by atoms with Gasteiger partial charge in [-0.25, -0.2) is 4.98 Å². The second-order valence-electron chi connectivity index (χ2n) is 11.6. The average Bonchev–Trinajstić information content (AvgIpc) is 3.49. The average molecular weight is 533 g/mol. The van der Waals surface area contributed by atoms with Crippen molar-refractivity contribution in [1.29, 1.82) is 0 Å². The minimum absolute atomic E-state index is 0.00138. The first-order valence-corrected chi connectivity index (χ1v) is 14.9. The summed E-state index contributed by atoms with van der Waals surface area (Å²) < 4.78 is 0. The highest BCUT2D eigenvalue weighted by molar-refractivity contribution is 5.98. The van der Waals surface area contributed by atoms with E-state index < -0.39 is 0 Å². The van der Waals surface area contributed by atoms with Gasteiger partial charge in [0.1, 0.15) is 5.82 Å². The van der Waals surface area contributed by atoms with Crippen LogP contribution in [0.1, 0.15) is 80.1 Å². The van der Waals surface area contributed by atoms with E-state index in [1.165, 1.54) is 25.7 Å². The summed E-state index contributed by atoms with van der Waals surface area (Å²) in [6, 6.07) is 11.8. The third-order valence-corrected chi connectivity index (χ3v) is 8.78. The fraction of sp³-hybridized carbons (Fsp3) is 0.581. The highest BCUT2D eigenvalue weighted by Crippen LogP contribution is 2.29. The van der Waals surface area contributed by atoms with Gasteiger partial charge in [0.05, 0.1) is 0 Å². The van der Waals surface area contributed by atoms with Crippen LogP contribution >= 0.6 is 0 Å². The Bertz CT molecular complexity index is 1100. The maximum atomic E-state index is 13.2. The minimum Gasteiger partial charge on any atom is -0.354 e. The molecule has 1 aromatic carbocycles. The lowest BCUT2D eigenvalue weighted by atomic mass is 9.91. The molecule has 0 radical (unpaired) electrons. The number of aromatic nitrogens is 1. The first-order chi connectivity index (χ1) is 19.0. The maximum absolute atomic E-state index is 13.2. The molecule has 3 fully saturated rings. The Morgan fingerprint density at radius 2 is 1.72 bits per heavy atom. The number of carbonyl (C=O) groups excluding carboxylic acids is 2. The molecular formula is C31H44N6O2. The van der Waals surface area contributed by atoms with E-state index >= 15 is 0 Å². The van der Waals surface area contributed by atoms with Crippen molar-refractivity contribution < 1.29 is 9.59 Å². The molecule has 39 heavy (non-hydrogen) atoms. The number of piperazine rings is 1. The predicted octanol–water partition coefficient (Wildman–Crippen LogP) is 4.31. The van der Waals surface area contributed by atoms with E-state index in [-0.39, 0.29) is 23.9 Å². The van der Waals surface area contributed by atoms with Crippen molar-refractivity contribution in [3.8, 4) is 0 Å². The van der Waals surface area contributed by atoms with Gasteiger partial charge in [-0.05, 0) is 55.0 Å². The minimum atomic E-state index is -0.116. The van der Waals surface area contributed by atoms with Gasteiger partial charge in [0.15, 0.2) is 0 Å². The lowest BCUT2D eigenvalue weighted by Crippen LogP contribution is -2.49. The number of nitrogens with two attached hydrogens (primary N) is 1. The number of anilines is 2. The van der Waals surface area contributed by atoms with E-state index in [0.29, 0.717) is 17.9 Å². The van der Waals surface area contributed by atoms with Crippen LogP contribution in [0.4, 0.5) is 11.5 Å². The summed E-state index contributed by atoms with van der Waals surface area (Å²) in [5.74, 6) is 1.60. The maximum Gasteiger partial charge on any atom is 0.251 e. The number of pyridine rings is 1. The van der Waals surface area contributed by atoms with Gasteiger partial charge in [0, 0.05) is 68.7 Å². The van der Waals surface area contributed by atoms with Crippen molar-refractivity contribution in [3.05, 3.63) is 53.7 Å². The number of amides is 2. The van der Waals surface area contributed by atoms with E-state index in [9.17, 15) is 9.59 Å². The zero-order valence-corrected chi connectivity index (χ0v) is 23.1. The van der Waals surface area contributed by atoms with E-state index in [1.54, 1.807) is 0 Å². The molecule has 2 saturated carbocycles. The Hall–Kier alpha value is -2.97. The number of hydrogen-bond donors (Lipinski definition) is 3. The van der Waals surface area contributed by atoms with Crippen LogP contribution in [-0.4, -0.2) is 60.0 Å². The third kappa shape index (κ3) is 7.57. The zero-order chi connectivity index (χ0) is 27.0. The molecule has 2 unspecified atom stereocenters. The Kier molecular flexibility index (Phi) is 9.48. The van der Waals surface area contributed by atoms with Gasteiger partial charge < -0.3 is 21.3 Å². The van der Waals surface area contributed by atoms with Gasteiger partial charge in [-0.2, -0.15) is 0 Å². The fourth-order valence-corrected chi connectivity index (χ4v) is 6.33. The second-order valence-corrected chi connectivity index (χ2v) is 11.6. The number of benzene rings is 1. The predicted molar refractivity (Wildman–Crippen MR) is 156 cm³/mol. The Labute approximate surface area is 232 Å².